The van der Waals surface area contributed by atoms with E-state index in [1.54, 1.807) is 16.0 Å². The standard InChI is InChI=1S/C50H58N8O6/c1-7-20-57(49(61)45(31-12-10-9-11-13-31)55-47(59)32-14-15-32)26-42-51-25-40(53-42)34-16-18-36-35(22-34)28-64-41-24-37-33(23-38(36)41)17-19-39-46(37)54-43(52-39)27-58(21-8-2)48(60)44(30(5)29(3)4)56-50(62)63-6/h9-13,16,18,22-25,29,32,44-45H,5,7-8,14-15,17,19-21,26-28H2,1-4,6H3,(H,51,53)(H,52,54)(H,55,59)(H,56,62)/t44-,45+/m0/s1. The molecule has 0 bridgehead atoms. The van der Waals surface area contributed by atoms with Gasteiger partial charge in [0.2, 0.25) is 17.7 Å². The molecule has 334 valence electrons. The van der Waals surface area contributed by atoms with Gasteiger partial charge in [-0.3, -0.25) is 14.4 Å². The van der Waals surface area contributed by atoms with Crippen LogP contribution in [0.2, 0.25) is 0 Å². The van der Waals surface area contributed by atoms with Gasteiger partial charge in [-0.15, -0.1) is 0 Å². The molecule has 3 aromatic carbocycles. The van der Waals surface area contributed by atoms with E-state index in [4.69, 9.17) is 19.4 Å². The van der Waals surface area contributed by atoms with Crippen molar-refractivity contribution in [3.8, 4) is 39.4 Å². The zero-order valence-electron chi connectivity index (χ0n) is 37.4. The van der Waals surface area contributed by atoms with E-state index in [-0.39, 0.29) is 42.6 Å². The normalized spacial score (nSPS) is 14.5. The summed E-state index contributed by atoms with van der Waals surface area (Å²) in [6, 6.07) is 18.4. The van der Waals surface area contributed by atoms with Crippen molar-refractivity contribution in [1.29, 1.82) is 0 Å². The van der Waals surface area contributed by atoms with Gasteiger partial charge >= 0.3 is 6.09 Å². The smallest absolute Gasteiger partial charge is 0.407 e. The van der Waals surface area contributed by atoms with Crippen LogP contribution in [-0.4, -0.2) is 79.8 Å². The van der Waals surface area contributed by atoms with Crippen molar-refractivity contribution in [1.82, 2.24) is 40.4 Å². The highest BCUT2D eigenvalue weighted by Crippen LogP contribution is 2.45. The second kappa shape index (κ2) is 19.0. The van der Waals surface area contributed by atoms with Gasteiger partial charge < -0.3 is 39.9 Å². The number of H-pyrrole nitrogens is 2. The largest absolute Gasteiger partial charge is 0.488 e. The van der Waals surface area contributed by atoms with E-state index in [2.05, 4.69) is 57.5 Å². The van der Waals surface area contributed by atoms with E-state index in [1.165, 1.54) is 12.7 Å². The molecule has 14 heteroatoms. The lowest BCUT2D eigenvalue weighted by molar-refractivity contribution is -0.137. The van der Waals surface area contributed by atoms with Crippen LogP contribution in [-0.2, 0) is 51.7 Å². The lowest BCUT2D eigenvalue weighted by Gasteiger charge is -2.29. The number of rotatable bonds is 17. The number of nitrogens with zero attached hydrogens (tertiary/aromatic N) is 4. The Kier molecular flexibility index (Phi) is 13.0. The summed E-state index contributed by atoms with van der Waals surface area (Å²) in [5.74, 6) is 1.58. The molecule has 1 aliphatic heterocycles. The number of nitrogens with one attached hydrogen (secondary N) is 4. The molecule has 8 rings (SSSR count). The Labute approximate surface area is 374 Å². The Morgan fingerprint density at radius 1 is 0.859 bits per heavy atom. The predicted octanol–water partition coefficient (Wildman–Crippen LogP) is 7.81. The molecule has 4 amide bonds. The molecule has 0 unspecified atom stereocenters. The summed E-state index contributed by atoms with van der Waals surface area (Å²) in [6.45, 7) is 14.0. The van der Waals surface area contributed by atoms with Crippen molar-refractivity contribution in [2.75, 3.05) is 20.2 Å². The number of hydrogen-bond acceptors (Lipinski definition) is 8. The molecule has 1 fully saturated rings. The van der Waals surface area contributed by atoms with Crippen LogP contribution in [0.25, 0.3) is 33.6 Å². The summed E-state index contributed by atoms with van der Waals surface area (Å²) >= 11 is 0. The zero-order valence-corrected chi connectivity index (χ0v) is 37.4. The van der Waals surface area contributed by atoms with E-state index >= 15 is 0 Å². The van der Waals surface area contributed by atoms with E-state index in [1.807, 2.05) is 58.0 Å². The molecule has 0 radical (unpaired) electrons. The van der Waals surface area contributed by atoms with E-state index < -0.39 is 18.2 Å². The monoisotopic (exact) mass is 866 g/mol. The minimum absolute atomic E-state index is 0.0181. The molecular formula is C50H58N8O6. The third-order valence-corrected chi connectivity index (χ3v) is 12.4. The molecule has 64 heavy (non-hydrogen) atoms. The Morgan fingerprint density at radius 2 is 1.59 bits per heavy atom. The van der Waals surface area contributed by atoms with Crippen LogP contribution in [0.5, 0.6) is 5.75 Å². The lowest BCUT2D eigenvalue weighted by Crippen LogP contribution is -2.50. The van der Waals surface area contributed by atoms with Gasteiger partial charge in [0.1, 0.15) is 36.1 Å². The fraction of sp³-hybridized carbons (Fsp3) is 0.400. The molecular weight excluding hydrogens is 809 g/mol. The van der Waals surface area contributed by atoms with Gasteiger partial charge in [0, 0.05) is 30.1 Å². The van der Waals surface area contributed by atoms with Crippen molar-refractivity contribution >= 4 is 23.8 Å². The number of ether oxygens (including phenoxy) is 2. The van der Waals surface area contributed by atoms with Gasteiger partial charge in [-0.1, -0.05) is 76.7 Å². The van der Waals surface area contributed by atoms with Gasteiger partial charge in [-0.2, -0.15) is 0 Å². The number of carbonyl (C=O) groups is 4. The Hall–Kier alpha value is -6.70. The molecule has 0 spiro atoms. The van der Waals surface area contributed by atoms with Gasteiger partial charge in [-0.05, 0) is 96.0 Å². The number of alkyl carbamates (subject to hydrolysis) is 1. The van der Waals surface area contributed by atoms with Crippen molar-refractivity contribution in [3.63, 3.8) is 0 Å². The number of hydrogen-bond donors (Lipinski definition) is 4. The fourth-order valence-corrected chi connectivity index (χ4v) is 8.64. The topological polar surface area (TPSA) is 175 Å². The second-order valence-electron chi connectivity index (χ2n) is 17.4. The van der Waals surface area contributed by atoms with Gasteiger partial charge in [0.25, 0.3) is 0 Å². The zero-order chi connectivity index (χ0) is 45.1. The van der Waals surface area contributed by atoms with Gasteiger partial charge in [-0.25, -0.2) is 14.8 Å². The third kappa shape index (κ3) is 9.32. The molecule has 4 N–H and O–H groups in total. The van der Waals surface area contributed by atoms with Crippen molar-refractivity contribution in [2.45, 2.75) is 98.0 Å². The van der Waals surface area contributed by atoms with E-state index in [0.29, 0.717) is 36.9 Å². The first-order chi connectivity index (χ1) is 31.0. The van der Waals surface area contributed by atoms with E-state index in [0.717, 1.165) is 94.7 Å². The molecule has 3 aliphatic rings. The summed E-state index contributed by atoms with van der Waals surface area (Å²) in [7, 11) is 1.27. The van der Waals surface area contributed by atoms with Crippen LogP contribution >= 0.6 is 0 Å². The highest BCUT2D eigenvalue weighted by Gasteiger charge is 2.35. The summed E-state index contributed by atoms with van der Waals surface area (Å²) in [5, 5.41) is 5.72. The Morgan fingerprint density at radius 3 is 2.30 bits per heavy atom. The minimum atomic E-state index is -0.922. The Balaban J connectivity index is 0.986. The summed E-state index contributed by atoms with van der Waals surface area (Å²) in [6.07, 6.45) is 5.86. The maximum atomic E-state index is 14.1. The van der Waals surface area contributed by atoms with Crippen molar-refractivity contribution in [3.05, 3.63) is 113 Å². The lowest BCUT2D eigenvalue weighted by atomic mass is 9.86. The number of methoxy groups -OCH3 is 1. The quantitative estimate of drug-likeness (QED) is 0.0685. The average molecular weight is 867 g/mol. The first-order valence-corrected chi connectivity index (χ1v) is 22.5. The Bertz CT molecular complexity index is 2560. The molecule has 5 aromatic rings. The van der Waals surface area contributed by atoms with Crippen LogP contribution < -0.4 is 15.4 Å². The van der Waals surface area contributed by atoms with Crippen molar-refractivity contribution in [2.24, 2.45) is 11.8 Å². The molecule has 2 aliphatic carbocycles. The van der Waals surface area contributed by atoms with E-state index in [9.17, 15) is 19.2 Å². The number of benzene rings is 3. The molecule has 2 aromatic heterocycles. The molecule has 2 atom stereocenters. The number of aromatic amines is 2. The molecule has 1 saturated carbocycles. The predicted molar refractivity (Wildman–Crippen MR) is 244 cm³/mol. The SMILES string of the molecule is C=C(C(C)C)[C@H](NC(=O)OC)C(=O)N(CCC)Cc1nc2c([nH]1)-c1cc3c(cc1CC2)-c1ccc(-c2cnc(CN(CCC)C(=O)[C@H](NC(=O)C4CC4)c4ccccc4)[nH]2)cc1CO3. The number of aryl methyl sites for hydroxylation is 2. The first-order valence-electron chi connectivity index (χ1n) is 22.5. The number of imidazole rings is 2. The van der Waals surface area contributed by atoms with Crippen LogP contribution in [0.15, 0.2) is 79.0 Å². The molecule has 3 heterocycles. The van der Waals surface area contributed by atoms with Gasteiger partial charge in [0.15, 0.2) is 0 Å². The highest BCUT2D eigenvalue weighted by atomic mass is 16.5. The van der Waals surface area contributed by atoms with Crippen LogP contribution in [0, 0.1) is 11.8 Å². The fourth-order valence-electron chi connectivity index (χ4n) is 8.64. The first kappa shape index (κ1) is 43.9. The maximum Gasteiger partial charge on any atom is 0.407 e. The number of carbonyl (C=O) groups excluding carboxylic acids is 4. The third-order valence-electron chi connectivity index (χ3n) is 12.4. The number of fused-ring (bicyclic) bond motifs is 6. The van der Waals surface area contributed by atoms with Crippen LogP contribution in [0.3, 0.4) is 0 Å². The van der Waals surface area contributed by atoms with Crippen molar-refractivity contribution < 1.29 is 28.7 Å². The van der Waals surface area contributed by atoms with Gasteiger partial charge in [0.05, 0.1) is 43.5 Å². The van der Waals surface area contributed by atoms with Crippen LogP contribution in [0.1, 0.15) is 93.5 Å². The van der Waals surface area contributed by atoms with Crippen LogP contribution in [0.4, 0.5) is 4.79 Å². The highest BCUT2D eigenvalue weighted by molar-refractivity contribution is 5.91. The summed E-state index contributed by atoms with van der Waals surface area (Å²) < 4.78 is 11.3. The molecule has 14 nitrogen and oxygen atoms in total. The average Bonchev–Trinajstić information content (AvgIpc) is 3.92. The number of aromatic nitrogens is 4. The molecule has 0 saturated heterocycles. The maximum absolute atomic E-state index is 14.1. The second-order valence-corrected chi connectivity index (χ2v) is 17.4. The summed E-state index contributed by atoms with van der Waals surface area (Å²) in [5.41, 5.74) is 10.4. The number of amides is 4. The minimum Gasteiger partial charge on any atom is -0.488 e. The summed E-state index contributed by atoms with van der Waals surface area (Å²) in [4.78, 5) is 73.3.